The van der Waals surface area contributed by atoms with E-state index >= 15 is 0 Å². The Balaban J connectivity index is 2.16. The summed E-state index contributed by atoms with van der Waals surface area (Å²) in [5.74, 6) is 0.864. The van der Waals surface area contributed by atoms with Gasteiger partial charge in [-0.05, 0) is 24.6 Å². The zero-order chi connectivity index (χ0) is 12.3. The van der Waals surface area contributed by atoms with E-state index in [-0.39, 0.29) is 12.1 Å². The lowest BCUT2D eigenvalue weighted by atomic mass is 10.1. The number of anilines is 1. The summed E-state index contributed by atoms with van der Waals surface area (Å²) in [6.07, 6.45) is 1.38. The van der Waals surface area contributed by atoms with Crippen molar-refractivity contribution in [1.29, 1.82) is 5.26 Å². The van der Waals surface area contributed by atoms with Gasteiger partial charge in [-0.1, -0.05) is 0 Å². The summed E-state index contributed by atoms with van der Waals surface area (Å²) >= 11 is 0. The summed E-state index contributed by atoms with van der Waals surface area (Å²) in [6.45, 7) is 3.82. The summed E-state index contributed by atoms with van der Waals surface area (Å²) in [5, 5.41) is 8.86. The van der Waals surface area contributed by atoms with Crippen LogP contribution in [0.5, 0.6) is 0 Å². The number of hydrogen-bond donors (Lipinski definition) is 1. The molecular formula is C12H16N4O. The van der Waals surface area contributed by atoms with E-state index in [0.717, 1.165) is 17.9 Å². The summed E-state index contributed by atoms with van der Waals surface area (Å²) in [7, 11) is 0. The molecule has 0 amide bonds. The van der Waals surface area contributed by atoms with Crippen LogP contribution >= 0.6 is 0 Å². The maximum atomic E-state index is 8.86. The van der Waals surface area contributed by atoms with Crippen LogP contribution in [-0.2, 0) is 4.74 Å². The van der Waals surface area contributed by atoms with E-state index in [2.05, 4.69) is 16.0 Å². The molecule has 0 radical (unpaired) electrons. The van der Waals surface area contributed by atoms with Crippen LogP contribution in [0.1, 0.15) is 18.5 Å². The van der Waals surface area contributed by atoms with Gasteiger partial charge in [0.15, 0.2) is 6.10 Å². The molecule has 0 aromatic carbocycles. The first-order chi connectivity index (χ1) is 8.20. The van der Waals surface area contributed by atoms with Gasteiger partial charge in [0, 0.05) is 18.8 Å². The summed E-state index contributed by atoms with van der Waals surface area (Å²) < 4.78 is 5.30. The van der Waals surface area contributed by atoms with E-state index in [4.69, 9.17) is 15.7 Å². The Morgan fingerprint density at radius 2 is 2.53 bits per heavy atom. The van der Waals surface area contributed by atoms with Gasteiger partial charge in [-0.15, -0.1) is 0 Å². The van der Waals surface area contributed by atoms with Gasteiger partial charge >= 0.3 is 0 Å². The molecule has 0 saturated carbocycles. The molecule has 5 heteroatoms. The first kappa shape index (κ1) is 11.8. The highest BCUT2D eigenvalue weighted by Gasteiger charge is 2.21. The molecule has 90 valence electrons. The summed E-state index contributed by atoms with van der Waals surface area (Å²) in [4.78, 5) is 6.38. The molecule has 1 unspecified atom stereocenters. The van der Waals surface area contributed by atoms with Crippen molar-refractivity contribution in [3.05, 3.63) is 23.9 Å². The van der Waals surface area contributed by atoms with Crippen molar-refractivity contribution >= 4 is 5.82 Å². The van der Waals surface area contributed by atoms with Gasteiger partial charge in [0.25, 0.3) is 0 Å². The van der Waals surface area contributed by atoms with Crippen molar-refractivity contribution < 1.29 is 4.74 Å². The molecule has 0 aliphatic carbocycles. The maximum absolute atomic E-state index is 8.86. The number of ether oxygens (including phenoxy) is 1. The molecule has 17 heavy (non-hydrogen) atoms. The van der Waals surface area contributed by atoms with Crippen molar-refractivity contribution in [2.24, 2.45) is 5.73 Å². The van der Waals surface area contributed by atoms with Gasteiger partial charge in [0.1, 0.15) is 5.82 Å². The molecule has 2 N–H and O–H groups in total. The van der Waals surface area contributed by atoms with Gasteiger partial charge in [-0.2, -0.15) is 5.26 Å². The number of aromatic nitrogens is 1. The standard InChI is InChI=1S/C12H16N4O/c1-9(14)10-2-3-15-12(6-10)16-4-5-17-11(7-13)8-16/h2-3,6,9,11H,4-5,8,14H2,1H3/t9-,11?/m0/s1. The highest BCUT2D eigenvalue weighted by atomic mass is 16.5. The Morgan fingerprint density at radius 3 is 3.24 bits per heavy atom. The molecule has 2 atom stereocenters. The fourth-order valence-corrected chi connectivity index (χ4v) is 1.83. The molecular weight excluding hydrogens is 216 g/mol. The Labute approximate surface area is 101 Å². The predicted octanol–water partition coefficient (Wildman–Crippen LogP) is 0.830. The van der Waals surface area contributed by atoms with Crippen LogP contribution in [0.2, 0.25) is 0 Å². The van der Waals surface area contributed by atoms with Crippen LogP contribution in [0, 0.1) is 11.3 Å². The predicted molar refractivity (Wildman–Crippen MR) is 64.4 cm³/mol. The highest BCUT2D eigenvalue weighted by Crippen LogP contribution is 2.18. The van der Waals surface area contributed by atoms with E-state index in [1.54, 1.807) is 6.20 Å². The third kappa shape index (κ3) is 2.73. The van der Waals surface area contributed by atoms with Gasteiger partial charge in [-0.25, -0.2) is 4.98 Å². The molecule has 1 aliphatic heterocycles. The smallest absolute Gasteiger partial charge is 0.161 e. The van der Waals surface area contributed by atoms with Crippen LogP contribution in [-0.4, -0.2) is 30.8 Å². The quantitative estimate of drug-likeness (QED) is 0.817. The number of rotatable bonds is 2. The van der Waals surface area contributed by atoms with Crippen LogP contribution in [0.15, 0.2) is 18.3 Å². The van der Waals surface area contributed by atoms with Crippen molar-refractivity contribution in [3.8, 4) is 6.07 Å². The van der Waals surface area contributed by atoms with Gasteiger partial charge in [0.05, 0.1) is 19.2 Å². The number of nitrogens with zero attached hydrogens (tertiary/aromatic N) is 3. The summed E-state index contributed by atoms with van der Waals surface area (Å²) in [5.41, 5.74) is 6.89. The van der Waals surface area contributed by atoms with Gasteiger partial charge in [-0.3, -0.25) is 0 Å². The minimum Gasteiger partial charge on any atom is -0.360 e. The van der Waals surface area contributed by atoms with E-state index in [1.165, 1.54) is 0 Å². The minimum atomic E-state index is -0.371. The second-order valence-electron chi connectivity index (χ2n) is 4.17. The molecule has 5 nitrogen and oxygen atoms in total. The number of morpholine rings is 1. The topological polar surface area (TPSA) is 75.2 Å². The van der Waals surface area contributed by atoms with E-state index in [1.807, 2.05) is 19.1 Å². The molecule has 1 saturated heterocycles. The second kappa shape index (κ2) is 5.13. The molecule has 1 aromatic rings. The Kier molecular flexibility index (Phi) is 3.57. The van der Waals surface area contributed by atoms with E-state index in [9.17, 15) is 0 Å². The molecule has 1 aliphatic rings. The van der Waals surface area contributed by atoms with Crippen molar-refractivity contribution in [2.75, 3.05) is 24.6 Å². The Hall–Kier alpha value is -1.64. The minimum absolute atomic E-state index is 0.00967. The third-order valence-electron chi connectivity index (χ3n) is 2.83. The molecule has 0 bridgehead atoms. The highest BCUT2D eigenvalue weighted by molar-refractivity contribution is 5.42. The largest absolute Gasteiger partial charge is 0.360 e. The fourth-order valence-electron chi connectivity index (χ4n) is 1.83. The van der Waals surface area contributed by atoms with E-state index < -0.39 is 0 Å². The number of hydrogen-bond acceptors (Lipinski definition) is 5. The van der Waals surface area contributed by atoms with Gasteiger partial charge < -0.3 is 15.4 Å². The number of nitriles is 1. The van der Waals surface area contributed by atoms with Crippen molar-refractivity contribution in [2.45, 2.75) is 19.1 Å². The number of nitrogens with two attached hydrogens (primary N) is 1. The second-order valence-corrected chi connectivity index (χ2v) is 4.17. The zero-order valence-corrected chi connectivity index (χ0v) is 9.84. The zero-order valence-electron chi connectivity index (χ0n) is 9.84. The van der Waals surface area contributed by atoms with E-state index in [0.29, 0.717) is 13.2 Å². The molecule has 1 fully saturated rings. The summed E-state index contributed by atoms with van der Waals surface area (Å²) in [6, 6.07) is 6.00. The first-order valence-electron chi connectivity index (χ1n) is 5.68. The fraction of sp³-hybridized carbons (Fsp3) is 0.500. The molecule has 0 spiro atoms. The Bertz CT molecular complexity index is 427. The third-order valence-corrected chi connectivity index (χ3v) is 2.83. The Morgan fingerprint density at radius 1 is 1.71 bits per heavy atom. The average molecular weight is 232 g/mol. The molecule has 2 heterocycles. The van der Waals surface area contributed by atoms with Crippen LogP contribution in [0.3, 0.4) is 0 Å². The van der Waals surface area contributed by atoms with Crippen LogP contribution in [0.25, 0.3) is 0 Å². The lowest BCUT2D eigenvalue weighted by Crippen LogP contribution is -2.42. The lowest BCUT2D eigenvalue weighted by Gasteiger charge is -2.30. The van der Waals surface area contributed by atoms with Gasteiger partial charge in [0.2, 0.25) is 0 Å². The van der Waals surface area contributed by atoms with Crippen LogP contribution in [0.4, 0.5) is 5.82 Å². The molecule has 2 rings (SSSR count). The van der Waals surface area contributed by atoms with Crippen molar-refractivity contribution in [3.63, 3.8) is 0 Å². The monoisotopic (exact) mass is 232 g/mol. The maximum Gasteiger partial charge on any atom is 0.161 e. The first-order valence-corrected chi connectivity index (χ1v) is 5.68. The van der Waals surface area contributed by atoms with Crippen LogP contribution < -0.4 is 10.6 Å². The molecule has 1 aromatic heterocycles. The SMILES string of the molecule is C[C@H](N)c1ccnc(N2CCOC(C#N)C2)c1. The van der Waals surface area contributed by atoms with Crippen molar-refractivity contribution in [1.82, 2.24) is 4.98 Å². The lowest BCUT2D eigenvalue weighted by molar-refractivity contribution is 0.0761. The number of pyridine rings is 1. The normalized spacial score (nSPS) is 21.9. The average Bonchev–Trinajstić information content (AvgIpc) is 2.39.